The van der Waals surface area contributed by atoms with Gasteiger partial charge in [0.2, 0.25) is 10.0 Å². The molecule has 0 radical (unpaired) electrons. The number of nitrogens with zero attached hydrogens (tertiary/aromatic N) is 2. The predicted octanol–water partition coefficient (Wildman–Crippen LogP) is 5.15. The third-order valence-corrected chi connectivity index (χ3v) is 8.83. The minimum absolute atomic E-state index is 0.376. The number of hydrogen-bond acceptors (Lipinski definition) is 5. The maximum Gasteiger partial charge on any atom is 0.241 e. The molecule has 0 atom stereocenters. The van der Waals surface area contributed by atoms with Crippen molar-refractivity contribution in [3.63, 3.8) is 0 Å². The van der Waals surface area contributed by atoms with Gasteiger partial charge in [-0.3, -0.25) is 0 Å². The molecule has 0 bridgehead atoms. The lowest BCUT2D eigenvalue weighted by Gasteiger charge is -2.29. The number of thiazole rings is 1. The monoisotopic (exact) mass is 433 g/mol. The average molecular weight is 434 g/mol. The summed E-state index contributed by atoms with van der Waals surface area (Å²) in [5, 5.41) is 1.16. The van der Waals surface area contributed by atoms with Crippen LogP contribution in [0.25, 0.3) is 10.4 Å². The van der Waals surface area contributed by atoms with E-state index in [4.69, 9.17) is 4.98 Å². The first-order valence-corrected chi connectivity index (χ1v) is 13.2. The van der Waals surface area contributed by atoms with Crippen molar-refractivity contribution < 1.29 is 8.42 Å². The van der Waals surface area contributed by atoms with Crippen molar-refractivity contribution in [2.24, 2.45) is 0 Å². The van der Waals surface area contributed by atoms with Gasteiger partial charge in [0.15, 0.2) is 0 Å². The van der Waals surface area contributed by atoms with Crippen LogP contribution in [0, 0.1) is 0 Å². The van der Waals surface area contributed by atoms with Crippen LogP contribution < -0.4 is 9.62 Å². The Morgan fingerprint density at radius 2 is 1.83 bits per heavy atom. The van der Waals surface area contributed by atoms with E-state index in [1.807, 2.05) is 25.3 Å². The van der Waals surface area contributed by atoms with Crippen LogP contribution in [0.4, 0.5) is 5.69 Å². The van der Waals surface area contributed by atoms with Gasteiger partial charge in [-0.25, -0.2) is 18.1 Å². The van der Waals surface area contributed by atoms with Crippen molar-refractivity contribution in [2.75, 3.05) is 24.5 Å². The van der Waals surface area contributed by atoms with Crippen LogP contribution in [0.5, 0.6) is 0 Å². The minimum atomic E-state index is -3.56. The fourth-order valence-corrected chi connectivity index (χ4v) is 6.97. The zero-order valence-corrected chi connectivity index (χ0v) is 18.8. The molecule has 2 heterocycles. The van der Waals surface area contributed by atoms with Crippen molar-refractivity contribution in [3.05, 3.63) is 29.4 Å². The van der Waals surface area contributed by atoms with Gasteiger partial charge in [-0.15, -0.1) is 11.3 Å². The van der Waals surface area contributed by atoms with Crippen molar-refractivity contribution in [1.82, 2.24) is 9.71 Å². The number of rotatable bonds is 6. The molecule has 1 aliphatic heterocycles. The van der Waals surface area contributed by atoms with Gasteiger partial charge >= 0.3 is 0 Å². The van der Waals surface area contributed by atoms with Crippen LogP contribution in [0.2, 0.25) is 0 Å². The van der Waals surface area contributed by atoms with E-state index in [9.17, 15) is 8.42 Å². The van der Waals surface area contributed by atoms with Gasteiger partial charge in [0.05, 0.1) is 14.8 Å². The summed E-state index contributed by atoms with van der Waals surface area (Å²) in [6.07, 6.45) is 11.7. The number of anilines is 1. The summed E-state index contributed by atoms with van der Waals surface area (Å²) in [5.74, 6) is 0.531. The van der Waals surface area contributed by atoms with E-state index in [0.717, 1.165) is 47.1 Å². The Morgan fingerprint density at radius 1 is 1.10 bits per heavy atom. The molecule has 7 heteroatoms. The number of hydrogen-bond donors (Lipinski definition) is 1. The lowest BCUT2D eigenvalue weighted by Crippen LogP contribution is -2.30. The molecule has 5 nitrogen and oxygen atoms in total. The second kappa shape index (κ2) is 9.14. The summed E-state index contributed by atoms with van der Waals surface area (Å²) in [6.45, 7) is 4.18. The van der Waals surface area contributed by atoms with E-state index in [-0.39, 0.29) is 0 Å². The van der Waals surface area contributed by atoms with Gasteiger partial charge in [0.1, 0.15) is 0 Å². The standard InChI is InChI=1S/C22H31N3O2S2/c1-2-24-29(26,27)21-15-18(25-13-7-4-8-14-25)11-12-19(21)20-16-23-22(28-20)17-9-5-3-6-10-17/h11-12,15-17,24H,2-10,13-14H2,1H3. The molecule has 1 N–H and O–H groups in total. The lowest BCUT2D eigenvalue weighted by atomic mass is 9.90. The molecule has 2 aliphatic rings. The van der Waals surface area contributed by atoms with E-state index in [1.165, 1.54) is 38.5 Å². The topological polar surface area (TPSA) is 62.3 Å². The highest BCUT2D eigenvalue weighted by atomic mass is 32.2. The molecule has 2 aromatic rings. The van der Waals surface area contributed by atoms with Gasteiger partial charge < -0.3 is 4.90 Å². The molecule has 0 amide bonds. The number of nitrogens with one attached hydrogen (secondary N) is 1. The van der Waals surface area contributed by atoms with E-state index >= 15 is 0 Å². The summed E-state index contributed by atoms with van der Waals surface area (Å²) < 4.78 is 28.7. The third kappa shape index (κ3) is 4.67. The van der Waals surface area contributed by atoms with Gasteiger partial charge in [-0.2, -0.15) is 0 Å². The quantitative estimate of drug-likeness (QED) is 0.685. The third-order valence-electron chi connectivity index (χ3n) is 6.05. The lowest BCUT2D eigenvalue weighted by molar-refractivity contribution is 0.442. The smallest absolute Gasteiger partial charge is 0.241 e. The van der Waals surface area contributed by atoms with Gasteiger partial charge in [-0.1, -0.05) is 32.3 Å². The SMILES string of the molecule is CCNS(=O)(=O)c1cc(N2CCCCC2)ccc1-c1cnc(C2CCCCC2)s1. The molecule has 2 fully saturated rings. The second-order valence-corrected chi connectivity index (χ2v) is 10.9. The first-order chi connectivity index (χ1) is 14.1. The van der Waals surface area contributed by atoms with Gasteiger partial charge in [0, 0.05) is 43.0 Å². The summed E-state index contributed by atoms with van der Waals surface area (Å²) in [5.41, 5.74) is 1.77. The predicted molar refractivity (Wildman–Crippen MR) is 120 cm³/mol. The van der Waals surface area contributed by atoms with Crippen molar-refractivity contribution in [1.29, 1.82) is 0 Å². The molecule has 158 valence electrons. The van der Waals surface area contributed by atoms with Crippen LogP contribution in [-0.4, -0.2) is 33.0 Å². The van der Waals surface area contributed by atoms with Crippen LogP contribution in [0.15, 0.2) is 29.3 Å². The largest absolute Gasteiger partial charge is 0.372 e. The van der Waals surface area contributed by atoms with E-state index in [2.05, 4.69) is 15.7 Å². The zero-order chi connectivity index (χ0) is 20.3. The fraction of sp³-hybridized carbons (Fsp3) is 0.591. The molecular weight excluding hydrogens is 402 g/mol. The number of aromatic nitrogens is 1. The van der Waals surface area contributed by atoms with Crippen LogP contribution in [0.3, 0.4) is 0 Å². The van der Waals surface area contributed by atoms with Crippen LogP contribution in [-0.2, 0) is 10.0 Å². The fourth-order valence-electron chi connectivity index (χ4n) is 4.50. The highest BCUT2D eigenvalue weighted by Crippen LogP contribution is 2.40. The summed E-state index contributed by atoms with van der Waals surface area (Å²) in [4.78, 5) is 8.32. The molecule has 1 saturated carbocycles. The molecule has 1 aromatic heterocycles. The molecule has 0 spiro atoms. The van der Waals surface area contributed by atoms with E-state index in [1.54, 1.807) is 11.3 Å². The Hall–Kier alpha value is -1.44. The maximum absolute atomic E-state index is 13.0. The van der Waals surface area contributed by atoms with Crippen molar-refractivity contribution in [2.45, 2.75) is 69.1 Å². The maximum atomic E-state index is 13.0. The highest BCUT2D eigenvalue weighted by molar-refractivity contribution is 7.89. The van der Waals surface area contributed by atoms with Crippen molar-refractivity contribution in [3.8, 4) is 10.4 Å². The van der Waals surface area contributed by atoms with Crippen molar-refractivity contribution >= 4 is 27.0 Å². The molecule has 4 rings (SSSR count). The Kier molecular flexibility index (Phi) is 6.56. The van der Waals surface area contributed by atoms with Crippen LogP contribution >= 0.6 is 11.3 Å². The average Bonchev–Trinajstić information content (AvgIpc) is 3.25. The molecule has 1 saturated heterocycles. The molecular formula is C22H31N3O2S2. The Balaban J connectivity index is 1.71. The van der Waals surface area contributed by atoms with Gasteiger partial charge in [0.25, 0.3) is 0 Å². The van der Waals surface area contributed by atoms with Gasteiger partial charge in [-0.05, 0) is 44.2 Å². The van der Waals surface area contributed by atoms with E-state index in [0.29, 0.717) is 17.4 Å². The molecule has 0 unspecified atom stereocenters. The number of benzene rings is 1. The summed E-state index contributed by atoms with van der Waals surface area (Å²) in [7, 11) is -3.56. The Bertz CT molecular complexity index is 927. The first kappa shape index (κ1) is 20.8. The van der Waals surface area contributed by atoms with E-state index < -0.39 is 10.0 Å². The Labute approximate surface area is 178 Å². The number of sulfonamides is 1. The molecule has 29 heavy (non-hydrogen) atoms. The highest BCUT2D eigenvalue weighted by Gasteiger charge is 2.24. The summed E-state index contributed by atoms with van der Waals surface area (Å²) >= 11 is 1.67. The zero-order valence-electron chi connectivity index (χ0n) is 17.2. The molecule has 1 aromatic carbocycles. The second-order valence-electron chi connectivity index (χ2n) is 8.13. The Morgan fingerprint density at radius 3 is 2.55 bits per heavy atom. The first-order valence-electron chi connectivity index (χ1n) is 10.9. The molecule has 1 aliphatic carbocycles. The number of piperidine rings is 1. The normalized spacial score (nSPS) is 18.9. The summed E-state index contributed by atoms with van der Waals surface area (Å²) in [6, 6.07) is 5.91. The minimum Gasteiger partial charge on any atom is -0.372 e. The van der Waals surface area contributed by atoms with Crippen LogP contribution in [0.1, 0.15) is 69.2 Å².